The van der Waals surface area contributed by atoms with Crippen LogP contribution in [0.1, 0.15) is 33.9 Å². The molecular weight excluding hydrogens is 671 g/mol. The maximum absolute atomic E-state index is 13.8. The van der Waals surface area contributed by atoms with Crippen molar-refractivity contribution in [2.75, 3.05) is 12.0 Å². The molecule has 0 radical (unpaired) electrons. The minimum absolute atomic E-state index is 0.113. The molecular formula is C39H31N3O6S2. The second-order valence-corrected chi connectivity index (χ2v) is 13.9. The standard InChI is InChI=1S/C39H31N3O6S2/c1-23-7-5-8-24(19-23)21-48-29-16-13-26(14-17-29)35(44)33-34(27-15-18-31(43)32(20-27)47-2)42(37(46)36(33)45)38-40-41-39(50-38)49-22-28-11-6-10-25-9-3-4-12-30(25)28/h3-20,34,43-44H,21-22H2,1-2H3. The van der Waals surface area contributed by atoms with E-state index in [9.17, 15) is 19.8 Å². The summed E-state index contributed by atoms with van der Waals surface area (Å²) in [6, 6.07) is 32.4. The maximum atomic E-state index is 13.8. The second kappa shape index (κ2) is 14.1. The molecule has 0 spiro atoms. The summed E-state index contributed by atoms with van der Waals surface area (Å²) in [5.41, 5.74) is 3.91. The lowest BCUT2D eigenvalue weighted by Crippen LogP contribution is -2.29. The van der Waals surface area contributed by atoms with Gasteiger partial charge < -0.3 is 19.7 Å². The number of hydrogen-bond donors (Lipinski definition) is 2. The number of aliphatic hydroxyl groups is 1. The van der Waals surface area contributed by atoms with Gasteiger partial charge in [0.05, 0.1) is 18.7 Å². The quantitative estimate of drug-likeness (QED) is 0.0478. The maximum Gasteiger partial charge on any atom is 0.301 e. The number of methoxy groups -OCH3 is 1. The van der Waals surface area contributed by atoms with E-state index < -0.39 is 17.7 Å². The van der Waals surface area contributed by atoms with Gasteiger partial charge in [-0.05, 0) is 70.8 Å². The molecule has 5 aromatic carbocycles. The van der Waals surface area contributed by atoms with Gasteiger partial charge in [0.25, 0.3) is 5.78 Å². The molecule has 1 fully saturated rings. The number of carbonyl (C=O) groups excluding carboxylic acids is 2. The van der Waals surface area contributed by atoms with Crippen molar-refractivity contribution in [1.29, 1.82) is 0 Å². The topological polar surface area (TPSA) is 122 Å². The molecule has 0 saturated carbocycles. The first-order valence-electron chi connectivity index (χ1n) is 15.7. The van der Waals surface area contributed by atoms with E-state index in [-0.39, 0.29) is 28.0 Å². The first-order chi connectivity index (χ1) is 24.3. The molecule has 9 nitrogen and oxygen atoms in total. The highest BCUT2D eigenvalue weighted by Gasteiger charge is 2.48. The molecule has 0 bridgehead atoms. The smallest absolute Gasteiger partial charge is 0.301 e. The zero-order valence-corrected chi connectivity index (χ0v) is 28.7. The summed E-state index contributed by atoms with van der Waals surface area (Å²) in [5.74, 6) is -0.862. The summed E-state index contributed by atoms with van der Waals surface area (Å²) in [4.78, 5) is 28.7. The zero-order chi connectivity index (χ0) is 34.8. The molecule has 11 heteroatoms. The number of fused-ring (bicyclic) bond motifs is 1. The van der Waals surface area contributed by atoms with E-state index in [1.165, 1.54) is 47.2 Å². The molecule has 1 amide bonds. The molecule has 1 atom stereocenters. The number of aryl methyl sites for hydroxylation is 1. The highest BCUT2D eigenvalue weighted by Crippen LogP contribution is 2.45. The number of phenols is 1. The SMILES string of the molecule is COc1cc(C2C(=C(O)c3ccc(OCc4cccc(C)c4)cc3)C(=O)C(=O)N2c2nnc(SCc3cccc4ccccc34)s2)ccc1O. The molecule has 1 aliphatic rings. The third kappa shape index (κ3) is 6.52. The summed E-state index contributed by atoms with van der Waals surface area (Å²) >= 11 is 2.66. The van der Waals surface area contributed by atoms with Crippen LogP contribution >= 0.6 is 23.1 Å². The molecule has 1 aromatic heterocycles. The van der Waals surface area contributed by atoms with Crippen LogP contribution in [-0.2, 0) is 21.9 Å². The highest BCUT2D eigenvalue weighted by molar-refractivity contribution is 8.00. The number of benzene rings is 5. The Labute approximate surface area is 296 Å². The molecule has 1 unspecified atom stereocenters. The number of phenolic OH excluding ortho intramolecular Hbond substituents is 1. The van der Waals surface area contributed by atoms with Crippen molar-refractivity contribution in [3.8, 4) is 17.2 Å². The van der Waals surface area contributed by atoms with Crippen molar-refractivity contribution in [3.05, 3.63) is 143 Å². The Hall–Kier alpha value is -5.65. The predicted molar refractivity (Wildman–Crippen MR) is 195 cm³/mol. The fourth-order valence-electron chi connectivity index (χ4n) is 5.96. The van der Waals surface area contributed by atoms with Gasteiger partial charge in [-0.15, -0.1) is 10.2 Å². The molecule has 250 valence electrons. The van der Waals surface area contributed by atoms with Crippen molar-refractivity contribution in [2.45, 2.75) is 29.7 Å². The Morgan fingerprint density at radius 1 is 0.920 bits per heavy atom. The lowest BCUT2D eigenvalue weighted by molar-refractivity contribution is -0.132. The van der Waals surface area contributed by atoms with E-state index in [1.54, 1.807) is 30.3 Å². The molecule has 1 aliphatic heterocycles. The van der Waals surface area contributed by atoms with Gasteiger partial charge in [0.2, 0.25) is 5.13 Å². The Balaban J connectivity index is 1.20. The van der Waals surface area contributed by atoms with Gasteiger partial charge >= 0.3 is 5.91 Å². The number of amides is 1. The van der Waals surface area contributed by atoms with E-state index in [1.807, 2.05) is 49.4 Å². The van der Waals surface area contributed by atoms with Gasteiger partial charge in [0, 0.05) is 11.3 Å². The normalized spacial score (nSPS) is 15.5. The Bertz CT molecular complexity index is 2260. The Morgan fingerprint density at radius 3 is 2.50 bits per heavy atom. The number of aliphatic hydroxyl groups excluding tert-OH is 1. The van der Waals surface area contributed by atoms with Crippen LogP contribution in [0.25, 0.3) is 16.5 Å². The van der Waals surface area contributed by atoms with Crippen LogP contribution in [0.15, 0.2) is 119 Å². The largest absolute Gasteiger partial charge is 0.507 e. The van der Waals surface area contributed by atoms with Crippen LogP contribution in [0, 0.1) is 6.92 Å². The number of thioether (sulfide) groups is 1. The minimum Gasteiger partial charge on any atom is -0.507 e. The van der Waals surface area contributed by atoms with E-state index in [2.05, 4.69) is 34.5 Å². The number of nitrogens with zero attached hydrogens (tertiary/aromatic N) is 3. The number of rotatable bonds is 10. The monoisotopic (exact) mass is 701 g/mol. The summed E-state index contributed by atoms with van der Waals surface area (Å²) in [7, 11) is 1.41. The molecule has 1 saturated heterocycles. The van der Waals surface area contributed by atoms with Crippen molar-refractivity contribution >= 4 is 56.5 Å². The lowest BCUT2D eigenvalue weighted by Gasteiger charge is -2.23. The number of ketones is 1. The second-order valence-electron chi connectivity index (χ2n) is 11.7. The van der Waals surface area contributed by atoms with Gasteiger partial charge in [0.15, 0.2) is 15.8 Å². The Morgan fingerprint density at radius 2 is 1.70 bits per heavy atom. The van der Waals surface area contributed by atoms with Crippen LogP contribution in [0.5, 0.6) is 17.2 Å². The van der Waals surface area contributed by atoms with Crippen LogP contribution in [0.2, 0.25) is 0 Å². The average molecular weight is 702 g/mol. The van der Waals surface area contributed by atoms with E-state index in [0.29, 0.717) is 33.6 Å². The number of aromatic nitrogens is 2. The van der Waals surface area contributed by atoms with Crippen molar-refractivity contribution < 1.29 is 29.3 Å². The molecule has 0 aliphatic carbocycles. The van der Waals surface area contributed by atoms with Crippen molar-refractivity contribution in [1.82, 2.24) is 10.2 Å². The van der Waals surface area contributed by atoms with E-state index in [0.717, 1.165) is 27.5 Å². The number of Topliss-reactive ketones (excluding diaryl/α,β-unsaturated/α-hetero) is 1. The molecule has 2 N–H and O–H groups in total. The van der Waals surface area contributed by atoms with E-state index in [4.69, 9.17) is 9.47 Å². The lowest BCUT2D eigenvalue weighted by atomic mass is 9.95. The van der Waals surface area contributed by atoms with Crippen molar-refractivity contribution in [3.63, 3.8) is 0 Å². The molecule has 6 aromatic rings. The van der Waals surface area contributed by atoms with Crippen LogP contribution in [0.4, 0.5) is 5.13 Å². The van der Waals surface area contributed by atoms with Gasteiger partial charge in [-0.2, -0.15) is 0 Å². The average Bonchev–Trinajstić information content (AvgIpc) is 3.71. The Kier molecular flexibility index (Phi) is 9.25. The highest BCUT2D eigenvalue weighted by atomic mass is 32.2. The van der Waals surface area contributed by atoms with E-state index >= 15 is 0 Å². The van der Waals surface area contributed by atoms with Crippen LogP contribution in [0.3, 0.4) is 0 Å². The summed E-state index contributed by atoms with van der Waals surface area (Å²) in [6.45, 7) is 2.38. The number of carbonyl (C=O) groups is 2. The van der Waals surface area contributed by atoms with Gasteiger partial charge in [0.1, 0.15) is 18.1 Å². The number of hydrogen-bond acceptors (Lipinski definition) is 10. The third-order valence-corrected chi connectivity index (χ3v) is 10.5. The van der Waals surface area contributed by atoms with Gasteiger partial charge in [-0.25, -0.2) is 0 Å². The minimum atomic E-state index is -1.08. The first-order valence-corrected chi connectivity index (χ1v) is 17.5. The summed E-state index contributed by atoms with van der Waals surface area (Å²) in [5, 5.41) is 33.1. The number of aromatic hydroxyl groups is 1. The van der Waals surface area contributed by atoms with Crippen molar-refractivity contribution in [2.24, 2.45) is 0 Å². The molecule has 7 rings (SSSR count). The number of anilines is 1. The third-order valence-electron chi connectivity index (χ3n) is 8.41. The first kappa shape index (κ1) is 32.9. The van der Waals surface area contributed by atoms with Crippen LogP contribution < -0.4 is 14.4 Å². The fraction of sp³-hybridized carbons (Fsp3) is 0.128. The van der Waals surface area contributed by atoms with Gasteiger partial charge in [-0.1, -0.05) is 101 Å². The summed E-state index contributed by atoms with van der Waals surface area (Å²) < 4.78 is 11.9. The zero-order valence-electron chi connectivity index (χ0n) is 27.1. The van der Waals surface area contributed by atoms with Gasteiger partial charge in [-0.3, -0.25) is 14.5 Å². The number of ether oxygens (including phenoxy) is 2. The molecule has 2 heterocycles. The summed E-state index contributed by atoms with van der Waals surface area (Å²) in [6.07, 6.45) is 0. The van der Waals surface area contributed by atoms with Crippen LogP contribution in [-0.4, -0.2) is 39.2 Å². The predicted octanol–water partition coefficient (Wildman–Crippen LogP) is 8.21. The fourth-order valence-corrected chi connectivity index (χ4v) is 7.83. The molecule has 50 heavy (non-hydrogen) atoms.